The van der Waals surface area contributed by atoms with E-state index in [0.29, 0.717) is 12.5 Å². The van der Waals surface area contributed by atoms with Gasteiger partial charge < -0.3 is 10.2 Å². The van der Waals surface area contributed by atoms with Crippen molar-refractivity contribution in [1.82, 2.24) is 15.3 Å². The zero-order valence-electron chi connectivity index (χ0n) is 16.5. The molecule has 0 aromatic rings. The Labute approximate surface area is 165 Å². The van der Waals surface area contributed by atoms with Gasteiger partial charge in [-0.1, -0.05) is 37.4 Å². The van der Waals surface area contributed by atoms with Crippen LogP contribution in [0.4, 0.5) is 4.79 Å². The van der Waals surface area contributed by atoms with Crippen molar-refractivity contribution in [3.63, 3.8) is 0 Å². The minimum Gasteiger partial charge on any atom is -0.354 e. The SMILES string of the molecule is C=CCON1C(=O)N2C[C@H]1[C@@H](C)C1CCCCCC1C2C(=O)NCCN=[N+]=[N-]. The van der Waals surface area contributed by atoms with E-state index in [2.05, 4.69) is 28.8 Å². The van der Waals surface area contributed by atoms with Crippen LogP contribution in [0.25, 0.3) is 10.4 Å². The fourth-order valence-corrected chi connectivity index (χ4v) is 5.16. The van der Waals surface area contributed by atoms with E-state index in [4.69, 9.17) is 10.4 Å². The number of urea groups is 1. The fourth-order valence-electron chi connectivity index (χ4n) is 5.16. The smallest absolute Gasteiger partial charge is 0.345 e. The number of hydrogen-bond acceptors (Lipinski definition) is 4. The number of fused-ring (bicyclic) bond motifs is 3. The first-order valence-corrected chi connectivity index (χ1v) is 10.2. The maximum absolute atomic E-state index is 13.1. The van der Waals surface area contributed by atoms with Crippen LogP contribution in [0.2, 0.25) is 0 Å². The minimum atomic E-state index is -0.508. The summed E-state index contributed by atoms with van der Waals surface area (Å²) in [6.07, 6.45) is 7.05. The van der Waals surface area contributed by atoms with Gasteiger partial charge in [0, 0.05) is 24.5 Å². The van der Waals surface area contributed by atoms with Crippen molar-refractivity contribution in [2.24, 2.45) is 22.9 Å². The summed E-state index contributed by atoms with van der Waals surface area (Å²) in [5.41, 5.74) is 8.42. The van der Waals surface area contributed by atoms with Gasteiger partial charge in [0.2, 0.25) is 5.91 Å². The number of rotatable bonds is 7. The first-order chi connectivity index (χ1) is 13.6. The van der Waals surface area contributed by atoms with E-state index >= 15 is 0 Å². The van der Waals surface area contributed by atoms with Crippen LogP contribution in [0.1, 0.15) is 39.0 Å². The lowest BCUT2D eigenvalue weighted by molar-refractivity contribution is -0.141. The van der Waals surface area contributed by atoms with Gasteiger partial charge >= 0.3 is 6.03 Å². The molecule has 3 rings (SSSR count). The molecule has 1 aliphatic carbocycles. The van der Waals surface area contributed by atoms with Crippen molar-refractivity contribution in [3.05, 3.63) is 23.1 Å². The molecule has 2 saturated heterocycles. The highest BCUT2D eigenvalue weighted by atomic mass is 16.7. The largest absolute Gasteiger partial charge is 0.354 e. The van der Waals surface area contributed by atoms with Crippen LogP contribution in [0.5, 0.6) is 0 Å². The summed E-state index contributed by atoms with van der Waals surface area (Å²) in [4.78, 5) is 36.3. The summed E-state index contributed by atoms with van der Waals surface area (Å²) >= 11 is 0. The van der Waals surface area contributed by atoms with Gasteiger partial charge in [0.25, 0.3) is 0 Å². The zero-order chi connectivity index (χ0) is 20.1. The summed E-state index contributed by atoms with van der Waals surface area (Å²) in [6.45, 7) is 7.09. The average Bonchev–Trinajstić information content (AvgIpc) is 2.83. The second kappa shape index (κ2) is 9.30. The number of amides is 3. The Morgan fingerprint density at radius 1 is 1.39 bits per heavy atom. The summed E-state index contributed by atoms with van der Waals surface area (Å²) in [7, 11) is 0. The van der Waals surface area contributed by atoms with E-state index < -0.39 is 6.04 Å². The van der Waals surface area contributed by atoms with Crippen LogP contribution >= 0.6 is 0 Å². The molecule has 0 aromatic heterocycles. The van der Waals surface area contributed by atoms with Crippen molar-refractivity contribution in [2.75, 3.05) is 26.2 Å². The van der Waals surface area contributed by atoms with Gasteiger partial charge in [0.1, 0.15) is 6.04 Å². The van der Waals surface area contributed by atoms with E-state index in [1.165, 1.54) is 11.5 Å². The molecule has 2 aliphatic heterocycles. The van der Waals surface area contributed by atoms with Crippen LogP contribution in [-0.4, -0.2) is 60.2 Å². The summed E-state index contributed by atoms with van der Waals surface area (Å²) in [5.74, 6) is 0.612. The molecular weight excluding hydrogens is 360 g/mol. The molecule has 3 unspecified atom stereocenters. The molecule has 1 N–H and O–H groups in total. The van der Waals surface area contributed by atoms with Crippen molar-refractivity contribution in [1.29, 1.82) is 0 Å². The molecule has 5 atom stereocenters. The molecule has 3 amide bonds. The molecule has 1 saturated carbocycles. The van der Waals surface area contributed by atoms with Crippen molar-refractivity contribution >= 4 is 11.9 Å². The molecule has 2 heterocycles. The summed E-state index contributed by atoms with van der Waals surface area (Å²) in [5, 5.41) is 7.81. The minimum absolute atomic E-state index is 0.0564. The van der Waals surface area contributed by atoms with Gasteiger partial charge in [0.05, 0.1) is 12.6 Å². The molecule has 3 fully saturated rings. The normalized spacial score (nSPS) is 32.0. The van der Waals surface area contributed by atoms with E-state index in [0.717, 1.165) is 25.7 Å². The quantitative estimate of drug-likeness (QED) is 0.237. The van der Waals surface area contributed by atoms with Gasteiger partial charge in [-0.15, -0.1) is 6.58 Å². The zero-order valence-corrected chi connectivity index (χ0v) is 16.5. The van der Waals surface area contributed by atoms with Crippen molar-refractivity contribution in [3.8, 4) is 0 Å². The predicted molar refractivity (Wildman–Crippen MR) is 104 cm³/mol. The number of carbonyl (C=O) groups excluding carboxylic acids is 2. The van der Waals surface area contributed by atoms with Gasteiger partial charge in [-0.3, -0.25) is 9.63 Å². The van der Waals surface area contributed by atoms with Gasteiger partial charge in [-0.2, -0.15) is 5.06 Å². The van der Waals surface area contributed by atoms with Crippen LogP contribution in [0, 0.1) is 17.8 Å². The number of azide groups is 1. The standard InChI is InChI=1S/C19H30N6O3/c1-3-11-28-25-16-12-24(19(25)27)17(18(26)21-9-10-22-23-20)15-8-6-4-5-7-14(15)13(16)2/h3,13-17H,1,4-12H2,2H3,(H,21,26)/t13-,14?,15?,16-,17?/m0/s1. The lowest BCUT2D eigenvalue weighted by atomic mass is 9.73. The molecule has 3 aliphatic rings. The molecule has 9 heteroatoms. The third kappa shape index (κ3) is 3.95. The van der Waals surface area contributed by atoms with Crippen molar-refractivity contribution < 1.29 is 14.4 Å². The second-order valence-corrected chi connectivity index (χ2v) is 7.93. The lowest BCUT2D eigenvalue weighted by Crippen LogP contribution is -2.55. The Kier molecular flexibility index (Phi) is 6.80. The highest BCUT2D eigenvalue weighted by Gasteiger charge is 2.55. The molecule has 28 heavy (non-hydrogen) atoms. The Morgan fingerprint density at radius 3 is 2.86 bits per heavy atom. The molecule has 9 nitrogen and oxygen atoms in total. The Balaban J connectivity index is 1.88. The van der Waals surface area contributed by atoms with Gasteiger partial charge in [-0.25, -0.2) is 4.79 Å². The average molecular weight is 390 g/mol. The Morgan fingerprint density at radius 2 is 2.14 bits per heavy atom. The first kappa shape index (κ1) is 20.5. The molecule has 2 bridgehead atoms. The third-order valence-electron chi connectivity index (χ3n) is 6.44. The lowest BCUT2D eigenvalue weighted by Gasteiger charge is -2.40. The van der Waals surface area contributed by atoms with Gasteiger partial charge in [-0.05, 0) is 36.1 Å². The number of nitrogens with one attached hydrogen (secondary N) is 1. The first-order valence-electron chi connectivity index (χ1n) is 10.2. The van der Waals surface area contributed by atoms with E-state index in [9.17, 15) is 9.59 Å². The summed E-state index contributed by atoms with van der Waals surface area (Å²) in [6, 6.07) is -0.804. The van der Waals surface area contributed by atoms with Crippen molar-refractivity contribution in [2.45, 2.75) is 51.1 Å². The Bertz CT molecular complexity index is 650. The highest BCUT2D eigenvalue weighted by Crippen LogP contribution is 2.45. The van der Waals surface area contributed by atoms with Crippen LogP contribution in [-0.2, 0) is 9.63 Å². The van der Waals surface area contributed by atoms with E-state index in [1.807, 2.05) is 0 Å². The maximum atomic E-state index is 13.1. The highest BCUT2D eigenvalue weighted by molar-refractivity contribution is 5.88. The molecule has 0 radical (unpaired) electrons. The van der Waals surface area contributed by atoms with Crippen LogP contribution in [0.3, 0.4) is 0 Å². The molecular formula is C19H30N6O3. The topological polar surface area (TPSA) is 111 Å². The molecule has 154 valence electrons. The second-order valence-electron chi connectivity index (χ2n) is 7.93. The fraction of sp³-hybridized carbons (Fsp3) is 0.789. The Hall–Kier alpha value is -2.25. The summed E-state index contributed by atoms with van der Waals surface area (Å²) < 4.78 is 0. The number of carbonyl (C=O) groups is 2. The maximum Gasteiger partial charge on any atom is 0.345 e. The van der Waals surface area contributed by atoms with Crippen LogP contribution < -0.4 is 5.32 Å². The third-order valence-corrected chi connectivity index (χ3v) is 6.44. The van der Waals surface area contributed by atoms with E-state index in [1.54, 1.807) is 11.0 Å². The predicted octanol–water partition coefficient (Wildman–Crippen LogP) is 2.85. The monoisotopic (exact) mass is 390 g/mol. The molecule has 0 aromatic carbocycles. The number of hydrogen-bond donors (Lipinski definition) is 1. The number of hydroxylamine groups is 2. The van der Waals surface area contributed by atoms with Crippen LogP contribution in [0.15, 0.2) is 17.8 Å². The number of nitrogens with zero attached hydrogens (tertiary/aromatic N) is 5. The molecule has 0 spiro atoms. The van der Waals surface area contributed by atoms with Gasteiger partial charge in [0.15, 0.2) is 0 Å². The van der Waals surface area contributed by atoms with E-state index in [-0.39, 0.29) is 49.5 Å².